The number of carbonyl (C=O) groups is 5. The minimum absolute atomic E-state index is 0. The van der Waals surface area contributed by atoms with E-state index >= 15 is 0 Å². The molecule has 12 rings (SSSR count). The Morgan fingerprint density at radius 3 is 1.50 bits per heavy atom. The Morgan fingerprint density at radius 2 is 1.06 bits per heavy atom. The van der Waals surface area contributed by atoms with Crippen LogP contribution in [0.1, 0.15) is 61.7 Å². The maximum atomic E-state index is 14.2. The Balaban J connectivity index is 0.000000203. The highest BCUT2D eigenvalue weighted by Gasteiger charge is 2.63. The normalized spacial score (nSPS) is 20.7. The van der Waals surface area contributed by atoms with Gasteiger partial charge in [-0.05, 0) is 103 Å². The number of likely N-dealkylation sites (tertiary alicyclic amines) is 2. The number of hydrogen-bond donors (Lipinski definition) is 3. The summed E-state index contributed by atoms with van der Waals surface area (Å²) in [6, 6.07) is 39.8. The minimum atomic E-state index is -4.64. The number of nitro benzene ring substituents is 2. The van der Waals surface area contributed by atoms with E-state index in [1.54, 1.807) is 80.2 Å². The molecule has 0 aliphatic carbocycles. The molecule has 0 aromatic heterocycles. The molecule has 6 aromatic carbocycles. The average molecular weight is 1420 g/mol. The Hall–Kier alpha value is -9.04. The van der Waals surface area contributed by atoms with Crippen LogP contribution >= 0.6 is 32.2 Å². The van der Waals surface area contributed by atoms with Crippen molar-refractivity contribution in [2.45, 2.75) is 89.1 Å². The third kappa shape index (κ3) is 17.6. The highest BCUT2D eigenvalue weighted by Crippen LogP contribution is 2.58. The number of thioether (sulfide) groups is 1. The second-order valence-electron chi connectivity index (χ2n) is 23.5. The standard InChI is InChI=1S/C29H25N2O11P.C27H28FN3O6S.C10H12FNS.C2H3N.ClH/c1-17-24-23(18(2)32)27(33)30(24)25(29(35)39-28(34)19-13-15-20(16-14-19)31(36)37)26(17)42-43(38,40-21-9-5-3-6-10-21)41-22-11-7-4-8-12-22;1-15-23-22(16(2)32)26(33)30(23)24(27(34)37-14-18-5-9-20(10-6-18)31(35)36)25(15)38-21-12-29(13-21)11-17-3-7-19(28)8-4-17;11-9-3-1-8(2-4-9)5-12-6-10(13)7-12;1-2-3;/h3-18,23-24,32H,1-2H3;3-10,15-16,21-23,32H,11-14H2,1-2H3;1-4,10,13H,5-7H2;1H3;1H/p-1/t17-,18-,23-,24-;15-,16-,22-,23-;;;/m11.../s1. The molecule has 24 nitrogen and oxygen atoms in total. The largest absolute Gasteiger partial charge is 1.00 e. The highest BCUT2D eigenvalue weighted by molar-refractivity contribution is 8.03. The van der Waals surface area contributed by atoms with E-state index in [0.29, 0.717) is 17.4 Å². The number of phosphoric ester groups is 1. The zero-order valence-corrected chi connectivity index (χ0v) is 56.7. The summed E-state index contributed by atoms with van der Waals surface area (Å²) in [5.74, 6) is -6.98. The molecule has 0 saturated carbocycles. The lowest BCUT2D eigenvalue weighted by molar-refractivity contribution is -0.385. The maximum Gasteiger partial charge on any atom is 0.646 e. The number of thiol groups is 1. The first-order valence-electron chi connectivity index (χ1n) is 30.6. The number of fused-ring (bicyclic) bond motifs is 2. The summed E-state index contributed by atoms with van der Waals surface area (Å²) in [7, 11) is -4.64. The highest BCUT2D eigenvalue weighted by atomic mass is 35.5. The number of β-lactam (4-membered cyclic amide) rings is 2. The lowest BCUT2D eigenvalue weighted by atomic mass is 9.79. The Labute approximate surface area is 578 Å². The van der Waals surface area contributed by atoms with E-state index in [9.17, 15) is 67.8 Å². The van der Waals surface area contributed by atoms with Gasteiger partial charge < -0.3 is 50.6 Å². The van der Waals surface area contributed by atoms with Crippen molar-refractivity contribution in [1.29, 1.82) is 5.26 Å². The van der Waals surface area contributed by atoms with Gasteiger partial charge >= 0.3 is 25.7 Å². The number of halogens is 3. The van der Waals surface area contributed by atoms with Gasteiger partial charge in [-0.2, -0.15) is 22.5 Å². The summed E-state index contributed by atoms with van der Waals surface area (Å²) in [5.41, 5.74) is 1.99. The van der Waals surface area contributed by atoms with Crippen LogP contribution in [-0.2, 0) is 57.4 Å². The molecule has 6 heterocycles. The molecule has 4 fully saturated rings. The smallest absolute Gasteiger partial charge is 0.646 e. The first-order valence-corrected chi connectivity index (χ1v) is 33.4. The second kappa shape index (κ2) is 33.0. The summed E-state index contributed by atoms with van der Waals surface area (Å²) in [4.78, 5) is 94.0. The van der Waals surface area contributed by atoms with Gasteiger partial charge in [0, 0.05) is 97.7 Å². The van der Waals surface area contributed by atoms with Crippen molar-refractivity contribution in [3.05, 3.63) is 234 Å². The molecule has 0 bridgehead atoms. The van der Waals surface area contributed by atoms with E-state index in [4.69, 9.17) is 28.3 Å². The predicted octanol–water partition coefficient (Wildman–Crippen LogP) is 7.57. The van der Waals surface area contributed by atoms with Crippen LogP contribution in [0.5, 0.6) is 11.5 Å². The van der Waals surface area contributed by atoms with E-state index in [2.05, 4.69) is 22.4 Å². The second-order valence-corrected chi connectivity index (χ2v) is 27.0. The number of carbonyl (C=O) groups excluding carboxylic acids is 5. The quantitative estimate of drug-likeness (QED) is 0.0119. The Morgan fingerprint density at radius 1 is 0.643 bits per heavy atom. The molecule has 0 radical (unpaired) electrons. The van der Waals surface area contributed by atoms with E-state index in [-0.39, 0.29) is 93.7 Å². The lowest BCUT2D eigenvalue weighted by Gasteiger charge is -2.46. The number of non-ortho nitro benzene ring substituents is 2. The van der Waals surface area contributed by atoms with Crippen molar-refractivity contribution in [1.82, 2.24) is 19.6 Å². The molecule has 6 aliphatic rings. The van der Waals surface area contributed by atoms with Crippen LogP contribution < -0.4 is 21.5 Å². The molecule has 0 unspecified atom stereocenters. The number of amides is 2. The number of rotatable bonds is 21. The van der Waals surface area contributed by atoms with Crippen LogP contribution in [0.15, 0.2) is 180 Å². The summed E-state index contributed by atoms with van der Waals surface area (Å²) in [6.45, 7) is 13.2. The van der Waals surface area contributed by atoms with Gasteiger partial charge in [0.2, 0.25) is 11.8 Å². The number of ether oxygens (including phenoxy) is 2. The van der Waals surface area contributed by atoms with Gasteiger partial charge in [-0.1, -0.05) is 74.5 Å². The van der Waals surface area contributed by atoms with Crippen molar-refractivity contribution < 1.29 is 92.8 Å². The maximum absolute atomic E-state index is 14.2. The number of nitrogens with zero attached hydrogens (tertiary/aromatic N) is 7. The van der Waals surface area contributed by atoms with E-state index in [1.807, 2.05) is 19.1 Å². The molecule has 6 aliphatic heterocycles. The molecule has 30 heteroatoms. The number of benzene rings is 6. The van der Waals surface area contributed by atoms with Crippen LogP contribution in [0.25, 0.3) is 0 Å². The van der Waals surface area contributed by atoms with Gasteiger partial charge in [0.05, 0.1) is 57.6 Å². The monoisotopic (exact) mass is 1420 g/mol. The first kappa shape index (κ1) is 74.7. The van der Waals surface area contributed by atoms with Crippen LogP contribution in [0.3, 0.4) is 0 Å². The van der Waals surface area contributed by atoms with Crippen LogP contribution in [0.2, 0.25) is 0 Å². The number of aliphatic hydroxyl groups excluding tert-OH is 2. The first-order chi connectivity index (χ1) is 46.3. The fourth-order valence-electron chi connectivity index (χ4n) is 11.8. The molecular formula is C68H68ClF2N7O17PS2-. The fraction of sp³-hybridized carbons (Fsp3) is 0.324. The van der Waals surface area contributed by atoms with Crippen molar-refractivity contribution in [2.24, 2.45) is 23.7 Å². The third-order valence-electron chi connectivity index (χ3n) is 16.5. The Kier molecular flexibility index (Phi) is 25.2. The van der Waals surface area contributed by atoms with Gasteiger partial charge in [-0.15, -0.1) is 11.8 Å². The van der Waals surface area contributed by atoms with Crippen molar-refractivity contribution in [3.8, 4) is 17.6 Å². The topological polar surface area (TPSA) is 312 Å². The SMILES string of the molecule is CC#N.C[C@@H](O)[C@H]1C(=O)N2C(C(=O)OC(=O)c3ccc([N+](=O)[O-])cc3)=C(OP(=O)(Oc3ccccc3)Oc3ccccc3)[C@H](C)[C@H]12.C[C@@H](O)[C@H]1C(=O)N2C(C(=O)OCc3ccc([N+](=O)[O-])cc3)=C(SC3CN(Cc4ccc(F)cc4)C3)[C@H](C)[C@H]12.Fc1ccc(CN2CC(S)C2)cc1.[Cl-]. The van der Waals surface area contributed by atoms with Gasteiger partial charge in [-0.3, -0.25) is 44.5 Å². The summed E-state index contributed by atoms with van der Waals surface area (Å²) < 4.78 is 67.7. The summed E-state index contributed by atoms with van der Waals surface area (Å²) in [5, 5.41) is 50.3. The molecule has 2 amide bonds. The number of phosphoric acid groups is 1. The zero-order chi connectivity index (χ0) is 70.0. The van der Waals surface area contributed by atoms with E-state index in [1.165, 1.54) is 97.1 Å². The van der Waals surface area contributed by atoms with Crippen LogP contribution in [0.4, 0.5) is 20.2 Å². The number of aliphatic hydroxyl groups is 2. The van der Waals surface area contributed by atoms with Crippen molar-refractivity contribution >= 4 is 73.3 Å². The number of nitro groups is 2. The van der Waals surface area contributed by atoms with Gasteiger partial charge in [0.25, 0.3) is 11.4 Å². The molecule has 2 N–H and O–H groups in total. The number of para-hydroxylation sites is 2. The number of hydrogen-bond acceptors (Lipinski definition) is 22. The molecule has 8 atom stereocenters. The molecule has 516 valence electrons. The van der Waals surface area contributed by atoms with Gasteiger partial charge in [0.1, 0.15) is 41.2 Å². The van der Waals surface area contributed by atoms with Crippen molar-refractivity contribution in [3.63, 3.8) is 0 Å². The van der Waals surface area contributed by atoms with Crippen LogP contribution in [0, 0.1) is 66.9 Å². The summed E-state index contributed by atoms with van der Waals surface area (Å²) >= 11 is 5.90. The number of esters is 3. The lowest BCUT2D eigenvalue weighted by Crippen LogP contribution is -3.00. The van der Waals surface area contributed by atoms with E-state index < -0.39 is 83.2 Å². The Bertz CT molecular complexity index is 3990. The molecule has 98 heavy (non-hydrogen) atoms. The van der Waals surface area contributed by atoms with Gasteiger partial charge in [-0.25, -0.2) is 23.2 Å². The van der Waals surface area contributed by atoms with E-state index in [0.717, 1.165) is 72.4 Å². The molecule has 4 saturated heterocycles. The number of nitriles is 1. The van der Waals surface area contributed by atoms with Gasteiger partial charge in [0.15, 0.2) is 5.70 Å². The minimum Gasteiger partial charge on any atom is -1.00 e. The molecular weight excluding hydrogens is 1360 g/mol. The fourth-order valence-corrected chi connectivity index (χ4v) is 15.2. The molecule has 6 aromatic rings. The molecule has 0 spiro atoms. The third-order valence-corrected chi connectivity index (χ3v) is 19.6. The van der Waals surface area contributed by atoms with Crippen molar-refractivity contribution in [2.75, 3.05) is 26.2 Å². The van der Waals surface area contributed by atoms with Crippen LogP contribution in [-0.4, -0.2) is 130 Å². The zero-order valence-electron chi connectivity index (χ0n) is 53.3. The average Bonchev–Trinajstić information content (AvgIpc) is 1.55. The predicted molar refractivity (Wildman–Crippen MR) is 352 cm³/mol. The summed E-state index contributed by atoms with van der Waals surface area (Å²) in [6.07, 6.45) is -1.93.